The first kappa shape index (κ1) is 14.7. The fourth-order valence-corrected chi connectivity index (χ4v) is 3.66. The predicted octanol–water partition coefficient (Wildman–Crippen LogP) is 5.30. The number of fused-ring (bicyclic) bond motifs is 1. The summed E-state index contributed by atoms with van der Waals surface area (Å²) in [5.74, 6) is 1.63. The van der Waals surface area contributed by atoms with Crippen LogP contribution in [0.4, 0.5) is 0 Å². The Morgan fingerprint density at radius 3 is 2.86 bits per heavy atom. The van der Waals surface area contributed by atoms with Gasteiger partial charge in [-0.2, -0.15) is 0 Å². The van der Waals surface area contributed by atoms with Crippen LogP contribution in [0.2, 0.25) is 0 Å². The van der Waals surface area contributed by atoms with E-state index in [4.69, 9.17) is 10.2 Å². The van der Waals surface area contributed by atoms with E-state index in [1.54, 1.807) is 11.8 Å². The summed E-state index contributed by atoms with van der Waals surface area (Å²) in [4.78, 5) is 1.20. The fourth-order valence-electron chi connectivity index (χ4n) is 2.19. The van der Waals surface area contributed by atoms with E-state index in [9.17, 15) is 0 Å². The number of nitrogens with two attached hydrogens (primary N) is 1. The van der Waals surface area contributed by atoms with Crippen LogP contribution in [-0.4, -0.2) is 5.75 Å². The molecule has 108 valence electrons. The molecule has 0 radical (unpaired) electrons. The van der Waals surface area contributed by atoms with Gasteiger partial charge in [-0.05, 0) is 43.3 Å². The molecule has 1 heterocycles. The Morgan fingerprint density at radius 2 is 2.05 bits per heavy atom. The molecule has 0 spiro atoms. The van der Waals surface area contributed by atoms with Gasteiger partial charge in [-0.25, -0.2) is 0 Å². The summed E-state index contributed by atoms with van der Waals surface area (Å²) in [5.41, 5.74) is 8.39. The van der Waals surface area contributed by atoms with Gasteiger partial charge in [0.1, 0.15) is 11.3 Å². The van der Waals surface area contributed by atoms with Crippen molar-refractivity contribution in [3.05, 3.63) is 64.3 Å². The van der Waals surface area contributed by atoms with Gasteiger partial charge in [0.25, 0.3) is 0 Å². The zero-order valence-electron chi connectivity index (χ0n) is 11.7. The van der Waals surface area contributed by atoms with E-state index in [1.807, 2.05) is 18.2 Å². The molecule has 1 atom stereocenters. The lowest BCUT2D eigenvalue weighted by atomic mass is 10.2. The molecule has 0 saturated carbocycles. The van der Waals surface area contributed by atoms with Crippen molar-refractivity contribution in [2.75, 3.05) is 5.75 Å². The summed E-state index contributed by atoms with van der Waals surface area (Å²) in [7, 11) is 0. The van der Waals surface area contributed by atoms with Crippen LogP contribution in [0.5, 0.6) is 0 Å². The maximum Gasteiger partial charge on any atom is 0.134 e. The maximum absolute atomic E-state index is 6.26. The van der Waals surface area contributed by atoms with Gasteiger partial charge in [-0.1, -0.05) is 33.6 Å². The van der Waals surface area contributed by atoms with Crippen LogP contribution in [0.3, 0.4) is 0 Å². The summed E-state index contributed by atoms with van der Waals surface area (Å²) in [5, 5.41) is 1.12. The average molecular weight is 362 g/mol. The minimum Gasteiger partial charge on any atom is -0.459 e. The second-order valence-electron chi connectivity index (χ2n) is 5.06. The van der Waals surface area contributed by atoms with E-state index in [0.29, 0.717) is 0 Å². The normalized spacial score (nSPS) is 12.7. The third kappa shape index (κ3) is 3.51. The van der Waals surface area contributed by atoms with Crippen LogP contribution >= 0.6 is 27.7 Å². The Hall–Kier alpha value is -1.23. The topological polar surface area (TPSA) is 39.2 Å². The van der Waals surface area contributed by atoms with E-state index >= 15 is 0 Å². The van der Waals surface area contributed by atoms with Crippen LogP contribution in [0.1, 0.15) is 17.4 Å². The van der Waals surface area contributed by atoms with Gasteiger partial charge in [-0.3, -0.25) is 0 Å². The smallest absolute Gasteiger partial charge is 0.134 e. The van der Waals surface area contributed by atoms with Crippen molar-refractivity contribution in [1.29, 1.82) is 0 Å². The summed E-state index contributed by atoms with van der Waals surface area (Å²) in [6.07, 6.45) is 0. The highest BCUT2D eigenvalue weighted by Gasteiger charge is 2.12. The Bertz CT molecular complexity index is 768. The van der Waals surface area contributed by atoms with Gasteiger partial charge >= 0.3 is 0 Å². The molecular formula is C17H16BrNOS. The highest BCUT2D eigenvalue weighted by molar-refractivity contribution is 9.10. The summed E-state index contributed by atoms with van der Waals surface area (Å²) >= 11 is 5.22. The first-order valence-corrected chi connectivity index (χ1v) is 8.54. The summed E-state index contributed by atoms with van der Waals surface area (Å²) in [6, 6.07) is 16.4. The monoisotopic (exact) mass is 361 g/mol. The molecule has 3 aromatic rings. The molecule has 0 aliphatic heterocycles. The minimum atomic E-state index is -0.110. The number of rotatable bonds is 4. The lowest BCUT2D eigenvalue weighted by molar-refractivity contribution is 0.516. The number of furan rings is 1. The molecule has 0 fully saturated rings. The largest absolute Gasteiger partial charge is 0.459 e. The highest BCUT2D eigenvalue weighted by Crippen LogP contribution is 2.29. The quantitative estimate of drug-likeness (QED) is 0.641. The predicted molar refractivity (Wildman–Crippen MR) is 92.7 cm³/mol. The fraction of sp³-hybridized carbons (Fsp3) is 0.176. The first-order chi connectivity index (χ1) is 10.1. The van der Waals surface area contributed by atoms with Crippen LogP contribution in [-0.2, 0) is 0 Å². The van der Waals surface area contributed by atoms with E-state index < -0.39 is 0 Å². The lowest BCUT2D eigenvalue weighted by Crippen LogP contribution is -2.11. The molecular weight excluding hydrogens is 346 g/mol. The van der Waals surface area contributed by atoms with Gasteiger partial charge in [0.15, 0.2) is 0 Å². The van der Waals surface area contributed by atoms with Crippen LogP contribution < -0.4 is 5.73 Å². The second-order valence-corrected chi connectivity index (χ2v) is 7.07. The molecule has 0 bridgehead atoms. The number of hydrogen-bond acceptors (Lipinski definition) is 3. The van der Waals surface area contributed by atoms with E-state index in [-0.39, 0.29) is 6.04 Å². The van der Waals surface area contributed by atoms with E-state index in [1.165, 1.54) is 10.5 Å². The molecule has 2 nitrogen and oxygen atoms in total. The second kappa shape index (κ2) is 6.26. The molecule has 0 aliphatic carbocycles. The molecule has 0 saturated heterocycles. The summed E-state index contributed by atoms with van der Waals surface area (Å²) in [6.45, 7) is 2.08. The molecule has 0 aliphatic rings. The maximum atomic E-state index is 6.26. The number of aryl methyl sites for hydroxylation is 1. The SMILES string of the molecule is Cc1ccc2oc(C(N)CSc3cccc(Br)c3)cc2c1. The average Bonchev–Trinajstić information content (AvgIpc) is 2.88. The van der Waals surface area contributed by atoms with Crippen molar-refractivity contribution < 1.29 is 4.42 Å². The van der Waals surface area contributed by atoms with Crippen molar-refractivity contribution in [3.63, 3.8) is 0 Å². The third-order valence-corrected chi connectivity index (χ3v) is 4.89. The summed E-state index contributed by atoms with van der Waals surface area (Å²) < 4.78 is 6.93. The van der Waals surface area contributed by atoms with Gasteiger partial charge in [0.05, 0.1) is 6.04 Å². The molecule has 3 rings (SSSR count). The zero-order valence-corrected chi connectivity index (χ0v) is 14.1. The van der Waals surface area contributed by atoms with Crippen LogP contribution in [0, 0.1) is 6.92 Å². The lowest BCUT2D eigenvalue weighted by Gasteiger charge is -2.08. The zero-order chi connectivity index (χ0) is 14.8. The molecule has 21 heavy (non-hydrogen) atoms. The molecule has 0 amide bonds. The van der Waals surface area contributed by atoms with Gasteiger partial charge in [-0.15, -0.1) is 11.8 Å². The highest BCUT2D eigenvalue weighted by atomic mass is 79.9. The van der Waals surface area contributed by atoms with Gasteiger partial charge in [0.2, 0.25) is 0 Å². The van der Waals surface area contributed by atoms with Crippen molar-refractivity contribution in [1.82, 2.24) is 0 Å². The Morgan fingerprint density at radius 1 is 1.19 bits per heavy atom. The number of halogens is 1. The number of thioether (sulfide) groups is 1. The van der Waals surface area contributed by atoms with Crippen LogP contribution in [0.25, 0.3) is 11.0 Å². The van der Waals surface area contributed by atoms with Gasteiger partial charge in [0, 0.05) is 20.5 Å². The Labute approximate surface area is 136 Å². The molecule has 2 N–H and O–H groups in total. The Kier molecular flexibility index (Phi) is 4.38. The van der Waals surface area contributed by atoms with E-state index in [0.717, 1.165) is 27.0 Å². The standard InChI is InChI=1S/C17H16BrNOS/c1-11-5-6-16-12(7-11)8-17(20-16)15(19)10-21-14-4-2-3-13(18)9-14/h2-9,15H,10,19H2,1H3. The molecule has 4 heteroatoms. The third-order valence-electron chi connectivity index (χ3n) is 3.28. The minimum absolute atomic E-state index is 0.110. The Balaban J connectivity index is 1.73. The molecule has 1 unspecified atom stereocenters. The first-order valence-electron chi connectivity index (χ1n) is 6.76. The van der Waals surface area contributed by atoms with Crippen molar-refractivity contribution in [3.8, 4) is 0 Å². The van der Waals surface area contributed by atoms with E-state index in [2.05, 4.69) is 53.2 Å². The van der Waals surface area contributed by atoms with Crippen molar-refractivity contribution in [2.45, 2.75) is 17.9 Å². The molecule has 2 aromatic carbocycles. The van der Waals surface area contributed by atoms with Crippen LogP contribution in [0.15, 0.2) is 62.3 Å². The molecule has 1 aromatic heterocycles. The van der Waals surface area contributed by atoms with Crippen molar-refractivity contribution in [2.24, 2.45) is 5.73 Å². The van der Waals surface area contributed by atoms with Crippen molar-refractivity contribution >= 4 is 38.7 Å². The van der Waals surface area contributed by atoms with Gasteiger partial charge < -0.3 is 10.2 Å². The number of hydrogen-bond donors (Lipinski definition) is 1. The number of benzene rings is 2.